The van der Waals surface area contributed by atoms with E-state index in [9.17, 15) is 80.6 Å². The number of fused-ring (bicyclic) bond motifs is 3. The van der Waals surface area contributed by atoms with Gasteiger partial charge in [0.1, 0.15) is 31.3 Å². The zero-order valence-electron chi connectivity index (χ0n) is 35.9. The Bertz CT molecular complexity index is 2140. The molecule has 0 heterocycles. The number of hydrogen-bond donors (Lipinski definition) is 3. The molecule has 4 rings (SSSR count). The summed E-state index contributed by atoms with van der Waals surface area (Å²) in [5, 5.41) is 7.08. The third-order valence-electron chi connectivity index (χ3n) is 10.8. The van der Waals surface area contributed by atoms with E-state index >= 15 is 0 Å². The number of rotatable bonds is 20. The fourth-order valence-electron chi connectivity index (χ4n) is 6.94. The van der Waals surface area contributed by atoms with Crippen molar-refractivity contribution in [2.75, 3.05) is 6.61 Å². The quantitative estimate of drug-likeness (QED) is 0.0766. The average Bonchev–Trinajstić information content (AvgIpc) is 3.53. The number of halogens is 14. The van der Waals surface area contributed by atoms with Crippen molar-refractivity contribution in [1.82, 2.24) is 16.0 Å². The van der Waals surface area contributed by atoms with Gasteiger partial charge in [-0.15, -0.1) is 0 Å². The third kappa shape index (κ3) is 12.9. The van der Waals surface area contributed by atoms with Gasteiger partial charge in [0.25, 0.3) is 0 Å². The molecule has 0 spiro atoms. The monoisotopic (exact) mass is 977 g/mol. The van der Waals surface area contributed by atoms with E-state index in [1.165, 1.54) is 26.0 Å². The molecule has 3 atom stereocenters. The highest BCUT2D eigenvalue weighted by atomic mass is 19.4. The van der Waals surface area contributed by atoms with Crippen LogP contribution in [0, 0.1) is 5.92 Å². The van der Waals surface area contributed by atoms with Gasteiger partial charge >= 0.3 is 48.1 Å². The summed E-state index contributed by atoms with van der Waals surface area (Å²) >= 11 is 0. The first-order valence-corrected chi connectivity index (χ1v) is 20.4. The summed E-state index contributed by atoms with van der Waals surface area (Å²) in [4.78, 5) is 52.0. The van der Waals surface area contributed by atoms with Crippen molar-refractivity contribution < 1.29 is 90.1 Å². The molecule has 3 N–H and O–H groups in total. The van der Waals surface area contributed by atoms with Gasteiger partial charge < -0.3 is 25.4 Å². The summed E-state index contributed by atoms with van der Waals surface area (Å²) in [6.07, 6.45) is -20.4. The van der Waals surface area contributed by atoms with Gasteiger partial charge in [0.05, 0.1) is 0 Å². The first-order chi connectivity index (χ1) is 30.8. The Hall–Kier alpha value is -5.64. The number of carbonyl (C=O) groups is 4. The number of benzene rings is 3. The van der Waals surface area contributed by atoms with Crippen molar-refractivity contribution in [3.8, 4) is 11.1 Å². The van der Waals surface area contributed by atoms with Crippen LogP contribution in [0.1, 0.15) is 80.7 Å². The number of nitrogens with one attached hydrogen (secondary N) is 3. The summed E-state index contributed by atoms with van der Waals surface area (Å²) < 4.78 is 199. The molecular weight excluding hydrogens is 932 g/mol. The van der Waals surface area contributed by atoms with E-state index in [1.54, 1.807) is 44.2 Å². The maximum absolute atomic E-state index is 14.2. The van der Waals surface area contributed by atoms with Gasteiger partial charge in [0.2, 0.25) is 11.8 Å². The van der Waals surface area contributed by atoms with Crippen LogP contribution < -0.4 is 16.0 Å². The first-order valence-electron chi connectivity index (χ1n) is 20.4. The van der Waals surface area contributed by atoms with Crippen molar-refractivity contribution in [3.05, 3.63) is 94.5 Å². The predicted octanol–water partition coefficient (Wildman–Crippen LogP) is 10.2. The van der Waals surface area contributed by atoms with Crippen LogP contribution in [0.4, 0.5) is 66.3 Å². The second kappa shape index (κ2) is 20.7. The number of alkyl carbamates (subject to hydrolysis) is 1. The number of amides is 3. The van der Waals surface area contributed by atoms with Gasteiger partial charge in [-0.05, 0) is 78.0 Å². The number of alkyl halides is 14. The van der Waals surface area contributed by atoms with E-state index < -0.39 is 116 Å². The standard InChI is InChI=1S/C44H45F14N3O6/c1-23(2)18-34(37(64)66-21-28-8-6-5-7-9-28)61-36(63)24(3)59-35(62)25(4)60-38(65)67-22-33-31-19-26(14-16-39(45,46)41(49,50)43(53,54)55)10-12-29(31)30-13-11-27(20-32(30)33)15-17-40(47,48)42(51,52)44(56,57)58/h5-13,19-20,23-25,33-34H,14-18,21-22H2,1-4H3,(H,59,62)(H,60,65)(H,61,63)/t24-,25-,34-/m0/s1. The average molecular weight is 978 g/mol. The van der Waals surface area contributed by atoms with E-state index in [1.807, 2.05) is 0 Å². The Morgan fingerprint density at radius 3 is 1.46 bits per heavy atom. The van der Waals surface area contributed by atoms with Crippen LogP contribution in [0.25, 0.3) is 11.1 Å². The van der Waals surface area contributed by atoms with Crippen LogP contribution in [0.5, 0.6) is 0 Å². The maximum Gasteiger partial charge on any atom is 0.459 e. The molecule has 67 heavy (non-hydrogen) atoms. The zero-order chi connectivity index (χ0) is 50.5. The minimum atomic E-state index is -6.59. The Morgan fingerprint density at radius 1 is 0.567 bits per heavy atom. The van der Waals surface area contributed by atoms with Crippen LogP contribution in [0.15, 0.2) is 66.7 Å². The topological polar surface area (TPSA) is 123 Å². The summed E-state index contributed by atoms with van der Waals surface area (Å²) in [6.45, 7) is 5.24. The van der Waals surface area contributed by atoms with Crippen LogP contribution in [-0.2, 0) is 43.3 Å². The lowest BCUT2D eigenvalue weighted by molar-refractivity contribution is -0.355. The third-order valence-corrected chi connectivity index (χ3v) is 10.8. The molecule has 0 aromatic heterocycles. The van der Waals surface area contributed by atoms with Gasteiger partial charge in [-0.1, -0.05) is 80.6 Å². The van der Waals surface area contributed by atoms with Gasteiger partial charge in [0, 0.05) is 18.8 Å². The lowest BCUT2D eigenvalue weighted by Crippen LogP contribution is -2.54. The maximum atomic E-state index is 14.2. The van der Waals surface area contributed by atoms with E-state index in [-0.39, 0.29) is 52.3 Å². The molecule has 0 aliphatic heterocycles. The Morgan fingerprint density at radius 2 is 1.01 bits per heavy atom. The molecule has 0 bridgehead atoms. The molecule has 0 fully saturated rings. The Labute approximate surface area is 374 Å². The van der Waals surface area contributed by atoms with Crippen molar-refractivity contribution in [2.24, 2.45) is 5.92 Å². The van der Waals surface area contributed by atoms with Crippen molar-refractivity contribution >= 4 is 23.9 Å². The molecular formula is C44H45F14N3O6. The van der Waals surface area contributed by atoms with Crippen molar-refractivity contribution in [1.29, 1.82) is 0 Å². The van der Waals surface area contributed by atoms with Gasteiger partial charge in [0.15, 0.2) is 0 Å². The summed E-state index contributed by atoms with van der Waals surface area (Å²) in [6, 6.07) is 11.8. The highest BCUT2D eigenvalue weighted by Gasteiger charge is 2.73. The second-order valence-electron chi connectivity index (χ2n) is 16.4. The normalized spacial score (nSPS) is 15.0. The first kappa shape index (κ1) is 54.0. The van der Waals surface area contributed by atoms with E-state index in [0.29, 0.717) is 5.56 Å². The molecule has 0 radical (unpaired) electrons. The Kier molecular flexibility index (Phi) is 16.7. The van der Waals surface area contributed by atoms with Crippen LogP contribution in [0.3, 0.4) is 0 Å². The van der Waals surface area contributed by atoms with Gasteiger partial charge in [-0.25, -0.2) is 9.59 Å². The van der Waals surface area contributed by atoms with Crippen LogP contribution >= 0.6 is 0 Å². The Balaban J connectivity index is 1.48. The number of carbonyl (C=O) groups excluding carboxylic acids is 4. The minimum Gasteiger partial charge on any atom is -0.459 e. The minimum absolute atomic E-state index is 0.0719. The summed E-state index contributed by atoms with van der Waals surface area (Å²) in [5.41, 5.74) is 0.858. The number of hydrogen-bond acceptors (Lipinski definition) is 6. The molecule has 0 unspecified atom stereocenters. The molecule has 1 aliphatic rings. The summed E-state index contributed by atoms with van der Waals surface area (Å²) in [7, 11) is 0. The van der Waals surface area contributed by atoms with Crippen LogP contribution in [0.2, 0.25) is 0 Å². The van der Waals surface area contributed by atoms with Crippen LogP contribution in [-0.4, -0.2) is 84.7 Å². The molecule has 23 heteroatoms. The van der Waals surface area contributed by atoms with E-state index in [0.717, 1.165) is 24.3 Å². The number of aryl methyl sites for hydroxylation is 2. The molecule has 3 amide bonds. The summed E-state index contributed by atoms with van der Waals surface area (Å²) in [5.74, 6) is -27.7. The second-order valence-corrected chi connectivity index (χ2v) is 16.4. The number of esters is 1. The molecule has 9 nitrogen and oxygen atoms in total. The zero-order valence-corrected chi connectivity index (χ0v) is 35.9. The molecule has 0 saturated heterocycles. The fourth-order valence-corrected chi connectivity index (χ4v) is 6.94. The van der Waals surface area contributed by atoms with Gasteiger partial charge in [-0.3, -0.25) is 9.59 Å². The highest BCUT2D eigenvalue weighted by molar-refractivity contribution is 5.92. The molecule has 3 aromatic carbocycles. The smallest absolute Gasteiger partial charge is 0.459 e. The van der Waals surface area contributed by atoms with E-state index in [2.05, 4.69) is 16.0 Å². The molecule has 370 valence electrons. The molecule has 1 aliphatic carbocycles. The van der Waals surface area contributed by atoms with Crippen molar-refractivity contribution in [2.45, 2.75) is 126 Å². The van der Waals surface area contributed by atoms with Gasteiger partial charge in [-0.2, -0.15) is 61.5 Å². The highest BCUT2D eigenvalue weighted by Crippen LogP contribution is 2.51. The van der Waals surface area contributed by atoms with E-state index in [4.69, 9.17) is 9.47 Å². The largest absolute Gasteiger partial charge is 0.459 e. The SMILES string of the molecule is CC(C)C[C@H](NC(=O)[C@H](C)NC(=O)[C@H](C)NC(=O)OCC1c2cc(CCC(F)(F)C(F)(F)C(F)(F)F)ccc2-c2ccc(CCC(F)(F)C(F)(F)C(F)(F)F)cc21)C(=O)OCc1ccccc1. The molecule has 3 aromatic rings. The molecule has 0 saturated carbocycles. The van der Waals surface area contributed by atoms with Crippen molar-refractivity contribution in [3.63, 3.8) is 0 Å². The fraction of sp³-hybridized carbons (Fsp3) is 0.500. The number of ether oxygens (including phenoxy) is 2. The lowest BCUT2D eigenvalue weighted by atomic mass is 9.93. The lowest BCUT2D eigenvalue weighted by Gasteiger charge is -2.28. The predicted molar refractivity (Wildman–Crippen MR) is 211 cm³/mol.